The molecule has 1 saturated heterocycles. The molecule has 1 aliphatic heterocycles. The quantitative estimate of drug-likeness (QED) is 0.697. The molecule has 1 aliphatic rings. The lowest BCUT2D eigenvalue weighted by atomic mass is 9.86. The van der Waals surface area contributed by atoms with Crippen LogP contribution in [-0.2, 0) is 31.6 Å². The number of benzene rings is 2. The zero-order chi connectivity index (χ0) is 20.2. The maximum Gasteiger partial charge on any atom is 0.209 e. The first-order valence-corrected chi connectivity index (χ1v) is 12.0. The summed E-state index contributed by atoms with van der Waals surface area (Å²) < 4.78 is 36.3. The summed E-state index contributed by atoms with van der Waals surface area (Å²) in [7, 11) is -1.48. The molecule has 1 heterocycles. The van der Waals surface area contributed by atoms with Crippen LogP contribution in [-0.4, -0.2) is 35.0 Å². The minimum absolute atomic E-state index is 0.220. The van der Waals surface area contributed by atoms with Gasteiger partial charge in [0.25, 0.3) is 0 Å². The number of halogens is 1. The van der Waals surface area contributed by atoms with Gasteiger partial charge in [-0.3, -0.25) is 0 Å². The second-order valence-electron chi connectivity index (χ2n) is 6.80. The summed E-state index contributed by atoms with van der Waals surface area (Å²) in [6, 6.07) is 13.9. The maximum atomic E-state index is 11.2. The van der Waals surface area contributed by atoms with Crippen LogP contribution in [0.1, 0.15) is 24.0 Å². The predicted octanol–water partition coefficient (Wildman–Crippen LogP) is 4.19. The molecule has 0 spiro atoms. The molecule has 2 aromatic rings. The van der Waals surface area contributed by atoms with Crippen molar-refractivity contribution in [2.45, 2.75) is 34.8 Å². The fourth-order valence-electron chi connectivity index (χ4n) is 3.23. The van der Waals surface area contributed by atoms with Gasteiger partial charge in [-0.1, -0.05) is 41.6 Å². The average Bonchev–Trinajstić information content (AvgIpc) is 2.68. The summed E-state index contributed by atoms with van der Waals surface area (Å²) in [4.78, 5) is 1.99. The first-order chi connectivity index (χ1) is 13.3. The van der Waals surface area contributed by atoms with E-state index in [4.69, 9.17) is 21.1 Å². The molecule has 0 aromatic heterocycles. The van der Waals surface area contributed by atoms with E-state index < -0.39 is 10.0 Å². The van der Waals surface area contributed by atoms with Crippen LogP contribution in [0, 0.1) is 0 Å². The summed E-state index contributed by atoms with van der Waals surface area (Å²) in [5, 5.41) is 0.593. The van der Waals surface area contributed by atoms with Crippen molar-refractivity contribution in [2.24, 2.45) is 0 Å². The SMILES string of the molecule is COC1(c2cccc(Sc3ccc(CNS(C)(=O)=O)cc3Cl)c2)CCOCC1. The third-order valence-corrected chi connectivity index (χ3v) is 6.97. The van der Waals surface area contributed by atoms with E-state index >= 15 is 0 Å². The van der Waals surface area contributed by atoms with Gasteiger partial charge in [-0.2, -0.15) is 0 Å². The van der Waals surface area contributed by atoms with Gasteiger partial charge in [-0.25, -0.2) is 13.1 Å². The third kappa shape index (κ3) is 5.49. The molecular weight excluding hydrogens is 418 g/mol. The van der Waals surface area contributed by atoms with Gasteiger partial charge in [0.2, 0.25) is 10.0 Å². The van der Waals surface area contributed by atoms with Crippen molar-refractivity contribution in [3.63, 3.8) is 0 Å². The zero-order valence-electron chi connectivity index (χ0n) is 15.9. The van der Waals surface area contributed by atoms with E-state index in [0.717, 1.165) is 40.0 Å². The molecule has 0 saturated carbocycles. The Morgan fingerprint density at radius 1 is 1.21 bits per heavy atom. The Hall–Kier alpha value is -1.09. The van der Waals surface area contributed by atoms with Crippen LogP contribution in [0.5, 0.6) is 0 Å². The summed E-state index contributed by atoms with van der Waals surface area (Å²) in [6.45, 7) is 1.61. The number of rotatable bonds is 7. The van der Waals surface area contributed by atoms with Crippen LogP contribution in [0.15, 0.2) is 52.3 Å². The van der Waals surface area contributed by atoms with Crippen molar-refractivity contribution >= 4 is 33.4 Å². The summed E-state index contributed by atoms with van der Waals surface area (Å²) in [5.74, 6) is 0. The van der Waals surface area contributed by atoms with Crippen LogP contribution >= 0.6 is 23.4 Å². The molecule has 152 valence electrons. The summed E-state index contributed by atoms with van der Waals surface area (Å²) in [6.07, 6.45) is 2.80. The Kier molecular flexibility index (Phi) is 7.07. The first kappa shape index (κ1) is 21.6. The Morgan fingerprint density at radius 3 is 2.61 bits per heavy atom. The van der Waals surface area contributed by atoms with Crippen molar-refractivity contribution in [3.8, 4) is 0 Å². The molecule has 0 atom stereocenters. The van der Waals surface area contributed by atoms with Crippen molar-refractivity contribution in [2.75, 3.05) is 26.6 Å². The van der Waals surface area contributed by atoms with Crippen molar-refractivity contribution < 1.29 is 17.9 Å². The van der Waals surface area contributed by atoms with Crippen LogP contribution in [0.3, 0.4) is 0 Å². The van der Waals surface area contributed by atoms with Gasteiger partial charge in [0.1, 0.15) is 0 Å². The fourth-order valence-corrected chi connectivity index (χ4v) is 4.86. The molecule has 0 amide bonds. The van der Waals surface area contributed by atoms with E-state index in [0.29, 0.717) is 18.2 Å². The maximum absolute atomic E-state index is 11.2. The molecule has 0 aliphatic carbocycles. The van der Waals surface area contributed by atoms with E-state index in [-0.39, 0.29) is 12.1 Å². The van der Waals surface area contributed by atoms with Crippen LogP contribution in [0.25, 0.3) is 0 Å². The van der Waals surface area contributed by atoms with Gasteiger partial charge < -0.3 is 9.47 Å². The standard InChI is InChI=1S/C20H24ClNO4S2/c1-25-20(8-10-26-11-9-20)16-4-3-5-17(13-16)27-19-7-6-15(12-18(19)21)14-22-28(2,23)24/h3-7,12-13,22H,8-11,14H2,1-2H3. The number of hydrogen-bond acceptors (Lipinski definition) is 5. The highest BCUT2D eigenvalue weighted by molar-refractivity contribution is 7.99. The smallest absolute Gasteiger partial charge is 0.209 e. The lowest BCUT2D eigenvalue weighted by molar-refractivity contribution is -0.0948. The highest BCUT2D eigenvalue weighted by atomic mass is 35.5. The largest absolute Gasteiger partial charge is 0.381 e. The highest BCUT2D eigenvalue weighted by Gasteiger charge is 2.34. The molecule has 28 heavy (non-hydrogen) atoms. The molecular formula is C20H24ClNO4S2. The van der Waals surface area contributed by atoms with Crippen LogP contribution in [0.2, 0.25) is 5.02 Å². The number of sulfonamides is 1. The van der Waals surface area contributed by atoms with Gasteiger partial charge in [0.05, 0.1) is 16.9 Å². The predicted molar refractivity (Wildman–Crippen MR) is 112 cm³/mol. The lowest BCUT2D eigenvalue weighted by Gasteiger charge is -2.36. The minimum atomic E-state index is -3.24. The Bertz CT molecular complexity index is 928. The number of methoxy groups -OCH3 is 1. The zero-order valence-corrected chi connectivity index (χ0v) is 18.3. The van der Waals surface area contributed by atoms with Gasteiger partial charge in [0.15, 0.2) is 0 Å². The van der Waals surface area contributed by atoms with Gasteiger partial charge in [-0.05, 0) is 35.4 Å². The fraction of sp³-hybridized carbons (Fsp3) is 0.400. The second kappa shape index (κ2) is 9.15. The molecule has 1 fully saturated rings. The number of nitrogens with one attached hydrogen (secondary N) is 1. The van der Waals surface area contributed by atoms with Gasteiger partial charge in [0, 0.05) is 49.5 Å². The van der Waals surface area contributed by atoms with Crippen molar-refractivity contribution in [1.82, 2.24) is 4.72 Å². The normalized spacial score (nSPS) is 16.8. The Morgan fingerprint density at radius 2 is 1.96 bits per heavy atom. The molecule has 3 rings (SSSR count). The number of ether oxygens (including phenoxy) is 2. The van der Waals surface area contributed by atoms with Crippen LogP contribution in [0.4, 0.5) is 0 Å². The molecule has 2 aromatic carbocycles. The van der Waals surface area contributed by atoms with E-state index in [1.807, 2.05) is 24.3 Å². The van der Waals surface area contributed by atoms with E-state index in [1.54, 1.807) is 24.9 Å². The topological polar surface area (TPSA) is 64.6 Å². The van der Waals surface area contributed by atoms with Crippen LogP contribution < -0.4 is 4.72 Å². The molecule has 5 nitrogen and oxygen atoms in total. The van der Waals surface area contributed by atoms with E-state index in [2.05, 4.69) is 16.9 Å². The molecule has 8 heteroatoms. The monoisotopic (exact) mass is 441 g/mol. The third-order valence-electron chi connectivity index (χ3n) is 4.81. The average molecular weight is 442 g/mol. The first-order valence-electron chi connectivity index (χ1n) is 8.96. The van der Waals surface area contributed by atoms with E-state index in [1.165, 1.54) is 0 Å². The minimum Gasteiger partial charge on any atom is -0.381 e. The van der Waals surface area contributed by atoms with Crippen molar-refractivity contribution in [1.29, 1.82) is 0 Å². The highest BCUT2D eigenvalue weighted by Crippen LogP contribution is 2.39. The molecule has 1 N–H and O–H groups in total. The van der Waals surface area contributed by atoms with Gasteiger partial charge >= 0.3 is 0 Å². The van der Waals surface area contributed by atoms with Crippen molar-refractivity contribution in [3.05, 3.63) is 58.6 Å². The van der Waals surface area contributed by atoms with E-state index in [9.17, 15) is 8.42 Å². The Balaban J connectivity index is 1.77. The lowest BCUT2D eigenvalue weighted by Crippen LogP contribution is -2.35. The summed E-state index contributed by atoms with van der Waals surface area (Å²) >= 11 is 8.01. The number of hydrogen-bond donors (Lipinski definition) is 1. The molecule has 0 unspecified atom stereocenters. The molecule has 0 radical (unpaired) electrons. The molecule has 0 bridgehead atoms. The van der Waals surface area contributed by atoms with Gasteiger partial charge in [-0.15, -0.1) is 0 Å². The summed E-state index contributed by atoms with van der Waals surface area (Å²) in [5.41, 5.74) is 1.65. The second-order valence-corrected chi connectivity index (χ2v) is 10.2. The Labute approximate surface area is 175 Å².